The number of fused-ring (bicyclic) bond motifs is 1. The molecule has 1 amide bonds. The Morgan fingerprint density at radius 2 is 1.74 bits per heavy atom. The summed E-state index contributed by atoms with van der Waals surface area (Å²) in [5.41, 5.74) is 2.45. The van der Waals surface area contributed by atoms with Gasteiger partial charge in [0, 0.05) is 52.4 Å². The maximum atomic E-state index is 13.5. The van der Waals surface area contributed by atoms with E-state index in [9.17, 15) is 29.6 Å². The van der Waals surface area contributed by atoms with Crippen LogP contribution < -0.4 is 10.7 Å². The molecule has 10 nitrogen and oxygen atoms in total. The summed E-state index contributed by atoms with van der Waals surface area (Å²) < 4.78 is 0. The number of nitrogens with zero attached hydrogens (tertiary/aromatic N) is 3. The Kier molecular flexibility index (Phi) is 6.95. The SMILES string of the molecule is O=C([O-])CCC(=O)N1N=C(c2c(-c3ccccc3)c3cc(Cl)ccc3[nH]c2=O)C[C@H]1c1ccc([N+](=O)[O-])cc1. The fourth-order valence-electron chi connectivity index (χ4n) is 4.74. The molecule has 2 heterocycles. The van der Waals surface area contributed by atoms with E-state index < -0.39 is 34.8 Å². The molecule has 39 heavy (non-hydrogen) atoms. The van der Waals surface area contributed by atoms with Crippen molar-refractivity contribution in [1.29, 1.82) is 0 Å². The number of pyridine rings is 1. The summed E-state index contributed by atoms with van der Waals surface area (Å²) >= 11 is 6.32. The number of aliphatic carboxylic acids is 1. The molecule has 1 atom stereocenters. The van der Waals surface area contributed by atoms with Gasteiger partial charge in [-0.2, -0.15) is 5.10 Å². The Morgan fingerprint density at radius 1 is 1.03 bits per heavy atom. The van der Waals surface area contributed by atoms with E-state index in [2.05, 4.69) is 10.1 Å². The highest BCUT2D eigenvalue weighted by atomic mass is 35.5. The largest absolute Gasteiger partial charge is 0.550 e. The molecule has 4 aromatic rings. The molecule has 0 saturated heterocycles. The first-order valence-electron chi connectivity index (χ1n) is 12.0. The number of carbonyl (C=O) groups excluding carboxylic acids is 2. The van der Waals surface area contributed by atoms with E-state index in [0.29, 0.717) is 32.8 Å². The van der Waals surface area contributed by atoms with Crippen molar-refractivity contribution in [3.8, 4) is 11.1 Å². The van der Waals surface area contributed by atoms with Crippen molar-refractivity contribution in [3.63, 3.8) is 0 Å². The number of carboxylic acid groups (broad SMARTS) is 1. The van der Waals surface area contributed by atoms with Gasteiger partial charge in [0.1, 0.15) is 0 Å². The van der Waals surface area contributed by atoms with Crippen LogP contribution in [0.1, 0.15) is 36.4 Å². The summed E-state index contributed by atoms with van der Waals surface area (Å²) in [5.74, 6) is -1.97. The lowest BCUT2D eigenvalue weighted by molar-refractivity contribution is -0.384. The van der Waals surface area contributed by atoms with E-state index in [-0.39, 0.29) is 24.1 Å². The first kappa shape index (κ1) is 25.8. The molecule has 0 saturated carbocycles. The van der Waals surface area contributed by atoms with Crippen LogP contribution in [0, 0.1) is 10.1 Å². The fourth-order valence-corrected chi connectivity index (χ4v) is 4.91. The van der Waals surface area contributed by atoms with E-state index in [1.165, 1.54) is 24.3 Å². The van der Waals surface area contributed by atoms with Crippen molar-refractivity contribution in [3.05, 3.63) is 109 Å². The van der Waals surface area contributed by atoms with Gasteiger partial charge in [-0.15, -0.1) is 0 Å². The zero-order chi connectivity index (χ0) is 27.7. The molecule has 1 aromatic heterocycles. The fraction of sp³-hybridized carbons (Fsp3) is 0.143. The molecule has 0 spiro atoms. The topological polar surface area (TPSA) is 149 Å². The lowest BCUT2D eigenvalue weighted by Gasteiger charge is -2.22. The van der Waals surface area contributed by atoms with Crippen LogP contribution in [0.25, 0.3) is 22.0 Å². The number of carbonyl (C=O) groups is 2. The van der Waals surface area contributed by atoms with Gasteiger partial charge in [-0.1, -0.05) is 54.1 Å². The number of nitrogens with one attached hydrogen (secondary N) is 1. The summed E-state index contributed by atoms with van der Waals surface area (Å²) in [6.07, 6.45) is -0.751. The van der Waals surface area contributed by atoms with Gasteiger partial charge in [0.2, 0.25) is 5.91 Å². The van der Waals surface area contributed by atoms with Gasteiger partial charge in [0.15, 0.2) is 0 Å². The smallest absolute Gasteiger partial charge is 0.269 e. The molecule has 0 radical (unpaired) electrons. The van der Waals surface area contributed by atoms with Crippen molar-refractivity contribution < 1.29 is 19.6 Å². The van der Waals surface area contributed by atoms with Crippen molar-refractivity contribution in [2.45, 2.75) is 25.3 Å². The Labute approximate surface area is 226 Å². The van der Waals surface area contributed by atoms with Crippen molar-refractivity contribution in [2.75, 3.05) is 0 Å². The van der Waals surface area contributed by atoms with Gasteiger partial charge in [0.05, 0.1) is 22.2 Å². The zero-order valence-electron chi connectivity index (χ0n) is 20.3. The summed E-state index contributed by atoms with van der Waals surface area (Å²) in [6, 6.07) is 19.3. The molecule has 11 heteroatoms. The molecule has 0 fully saturated rings. The Hall–Kier alpha value is -4.83. The number of nitro groups is 1. The predicted octanol–water partition coefficient (Wildman–Crippen LogP) is 3.96. The van der Waals surface area contributed by atoms with Crippen LogP contribution in [0.3, 0.4) is 0 Å². The summed E-state index contributed by atoms with van der Waals surface area (Å²) in [5, 5.41) is 29.0. The number of aromatic nitrogens is 1. The van der Waals surface area contributed by atoms with Gasteiger partial charge in [-0.3, -0.25) is 19.7 Å². The summed E-state index contributed by atoms with van der Waals surface area (Å²) in [6.45, 7) is 0. The van der Waals surface area contributed by atoms with Gasteiger partial charge in [-0.25, -0.2) is 5.01 Å². The van der Waals surface area contributed by atoms with E-state index in [1.807, 2.05) is 30.3 Å². The number of amides is 1. The van der Waals surface area contributed by atoms with Crippen molar-refractivity contribution >= 4 is 45.8 Å². The normalized spacial score (nSPS) is 14.8. The number of benzene rings is 3. The standard InChI is InChI=1S/C28H21ClN4O6/c29-18-8-11-21-20(14-18)26(17-4-2-1-3-5-17)27(28(37)30-21)22-15-23(16-6-9-19(10-7-16)33(38)39)32(31-22)24(34)12-13-25(35)36/h1-11,14,23H,12-13,15H2,(H,30,37)(H,35,36)/p-1/t23-/m0/s1. The van der Waals surface area contributed by atoms with Crippen LogP contribution in [-0.4, -0.2) is 32.5 Å². The third-order valence-electron chi connectivity index (χ3n) is 6.52. The second kappa shape index (κ2) is 10.5. The third-order valence-corrected chi connectivity index (χ3v) is 6.76. The van der Waals surface area contributed by atoms with Crippen molar-refractivity contribution in [1.82, 2.24) is 9.99 Å². The number of hydrazone groups is 1. The molecule has 196 valence electrons. The number of hydrogen-bond acceptors (Lipinski definition) is 7. The molecule has 1 aliphatic heterocycles. The number of H-pyrrole nitrogens is 1. The maximum absolute atomic E-state index is 13.5. The van der Waals surface area contributed by atoms with Crippen LogP contribution in [-0.2, 0) is 9.59 Å². The molecule has 1 aliphatic rings. The molecule has 0 unspecified atom stereocenters. The van der Waals surface area contributed by atoms with E-state index in [1.54, 1.807) is 18.2 Å². The molecule has 5 rings (SSSR count). The van der Waals surface area contributed by atoms with Crippen LogP contribution in [0.2, 0.25) is 5.02 Å². The van der Waals surface area contributed by atoms with Crippen LogP contribution in [0.15, 0.2) is 82.7 Å². The second-order valence-electron chi connectivity index (χ2n) is 8.99. The highest BCUT2D eigenvalue weighted by molar-refractivity contribution is 6.31. The minimum atomic E-state index is -1.38. The van der Waals surface area contributed by atoms with Gasteiger partial charge in [0.25, 0.3) is 11.2 Å². The van der Waals surface area contributed by atoms with Gasteiger partial charge < -0.3 is 14.9 Å². The monoisotopic (exact) mass is 543 g/mol. The van der Waals surface area contributed by atoms with Crippen LogP contribution in [0.4, 0.5) is 5.69 Å². The Morgan fingerprint density at radius 3 is 2.41 bits per heavy atom. The van der Waals surface area contributed by atoms with Crippen LogP contribution >= 0.6 is 11.6 Å². The summed E-state index contributed by atoms with van der Waals surface area (Å²) in [4.78, 5) is 51.1. The number of rotatable bonds is 7. The van der Waals surface area contributed by atoms with Crippen molar-refractivity contribution in [2.24, 2.45) is 5.10 Å². The number of halogens is 1. The first-order valence-corrected chi connectivity index (χ1v) is 12.4. The molecule has 1 N–H and O–H groups in total. The molecule has 0 aliphatic carbocycles. The third kappa shape index (κ3) is 5.14. The predicted molar refractivity (Wildman–Crippen MR) is 143 cm³/mol. The van der Waals surface area contributed by atoms with E-state index in [0.717, 1.165) is 10.6 Å². The Balaban J connectivity index is 1.68. The first-order chi connectivity index (χ1) is 18.7. The minimum absolute atomic E-state index is 0.115. The van der Waals surface area contributed by atoms with E-state index >= 15 is 0 Å². The zero-order valence-corrected chi connectivity index (χ0v) is 21.1. The highest BCUT2D eigenvalue weighted by Crippen LogP contribution is 2.38. The second-order valence-corrected chi connectivity index (χ2v) is 9.42. The number of aromatic amines is 1. The highest BCUT2D eigenvalue weighted by Gasteiger charge is 2.35. The molecule has 0 bridgehead atoms. The Bertz CT molecular complexity index is 1700. The quantitative estimate of drug-likeness (QED) is 0.275. The lowest BCUT2D eigenvalue weighted by Crippen LogP contribution is -2.29. The van der Waals surface area contributed by atoms with Crippen LogP contribution in [0.5, 0.6) is 0 Å². The minimum Gasteiger partial charge on any atom is -0.550 e. The average molecular weight is 544 g/mol. The molecular formula is C28H20ClN4O6-. The number of carboxylic acids is 1. The number of hydrogen-bond donors (Lipinski definition) is 1. The summed E-state index contributed by atoms with van der Waals surface area (Å²) in [7, 11) is 0. The lowest BCUT2D eigenvalue weighted by atomic mass is 9.91. The average Bonchev–Trinajstić information content (AvgIpc) is 3.37. The molecular weight excluding hydrogens is 524 g/mol. The number of non-ortho nitro benzene ring substituents is 1. The maximum Gasteiger partial charge on any atom is 0.269 e. The van der Waals surface area contributed by atoms with E-state index in [4.69, 9.17) is 11.6 Å². The van der Waals surface area contributed by atoms with Gasteiger partial charge >= 0.3 is 0 Å². The van der Waals surface area contributed by atoms with Gasteiger partial charge in [-0.05, 0) is 35.7 Å². The number of nitro benzene ring substituents is 1. The molecule has 3 aromatic carbocycles.